The number of unbranched alkanes of at least 4 members (excludes halogenated alkanes) is 2. The lowest BCUT2D eigenvalue weighted by Crippen LogP contribution is -2.23. The summed E-state index contributed by atoms with van der Waals surface area (Å²) in [7, 11) is 0. The first-order valence-electron chi connectivity index (χ1n) is 38.1. The highest BCUT2D eigenvalue weighted by molar-refractivity contribution is 5.47. The maximum Gasteiger partial charge on any atom is 0.127 e. The molecule has 4 saturated carbocycles. The van der Waals surface area contributed by atoms with E-state index in [0.717, 1.165) is 35.2 Å². The molecule has 0 amide bonds. The molecule has 0 saturated heterocycles. The van der Waals surface area contributed by atoms with Crippen molar-refractivity contribution in [3.63, 3.8) is 0 Å². The zero-order valence-electron chi connectivity index (χ0n) is 63.7. The fourth-order valence-corrected chi connectivity index (χ4v) is 15.5. The van der Waals surface area contributed by atoms with Crippen molar-refractivity contribution in [2.75, 3.05) is 0 Å². The standard InChI is InChI=1S/C19H28.C19H32.C15H16O.C15H24.C13H18.C12H16/c1-15-18(16-9-4-2-5-10-16)13-8-14-19(15)17-11-6-3-7-12-17;1-13-15(18(5,6)7)11-14(17(2,3)4)12-16(13)19(8,9)10;1-11-9-15(10-12(2)13(11)3)16-14-7-5-4-6-8-14;1-4-6-9-14-11-8-12-15(13(14)3)10-7-5-2;1-11-7-5-6-10-13(11)12-8-3-2-4-9-12;1-10-6-2-5-9-12(10)11-7-3-4-8-11/h8,13-14,16-17H,2-7,9-12H2,1H3;11-12H,1-10H3;4-10H,1-3H3;8,11-12H,4-7,9-10H2,1-3H3;5-7,10,12H,2-4,8-9H2,1H3;2,5-6,9,11H,3-4,7-8H2,1H3. The van der Waals surface area contributed by atoms with E-state index in [1.165, 1.54) is 211 Å². The predicted octanol–water partition coefficient (Wildman–Crippen LogP) is 28.8. The van der Waals surface area contributed by atoms with E-state index in [0.29, 0.717) is 0 Å². The molecule has 0 spiro atoms. The van der Waals surface area contributed by atoms with E-state index in [-0.39, 0.29) is 16.2 Å². The van der Waals surface area contributed by atoms with Crippen LogP contribution in [0.25, 0.3) is 0 Å². The van der Waals surface area contributed by atoms with Crippen molar-refractivity contribution in [2.45, 2.75) is 332 Å². The monoisotopic (exact) mass is 1270 g/mol. The van der Waals surface area contributed by atoms with Gasteiger partial charge in [-0.25, -0.2) is 0 Å². The van der Waals surface area contributed by atoms with Gasteiger partial charge in [-0.3, -0.25) is 0 Å². The maximum absolute atomic E-state index is 5.80. The Kier molecular flexibility index (Phi) is 31.5. The van der Waals surface area contributed by atoms with Crippen LogP contribution in [0.2, 0.25) is 0 Å². The van der Waals surface area contributed by atoms with Crippen LogP contribution >= 0.6 is 0 Å². The third-order valence-electron chi connectivity index (χ3n) is 21.7. The van der Waals surface area contributed by atoms with Crippen molar-refractivity contribution in [3.05, 3.63) is 234 Å². The molecule has 0 aromatic heterocycles. The van der Waals surface area contributed by atoms with Crippen LogP contribution in [0.4, 0.5) is 0 Å². The Morgan fingerprint density at radius 1 is 0.309 bits per heavy atom. The first-order valence-corrected chi connectivity index (χ1v) is 38.1. The smallest absolute Gasteiger partial charge is 0.127 e. The molecule has 4 aliphatic carbocycles. The van der Waals surface area contributed by atoms with Gasteiger partial charge in [-0.05, 0) is 291 Å². The average Bonchev–Trinajstić information content (AvgIpc) is 0.824. The Hall–Kier alpha value is -5.66. The van der Waals surface area contributed by atoms with Gasteiger partial charge in [0, 0.05) is 0 Å². The molecule has 7 aromatic carbocycles. The molecule has 1 nitrogen and oxygen atoms in total. The van der Waals surface area contributed by atoms with Crippen molar-refractivity contribution < 1.29 is 4.74 Å². The average molecular weight is 1270 g/mol. The SMILES string of the molecule is CCCCc1cccc(CCCC)c1C.Cc1c(C(C)(C)C)cc(C(C)(C)C)cc1C(C)(C)C.Cc1c(C2CCCCC2)cccc1C1CCCCC1.Cc1cc(Oc2ccccc2)cc(C)c1C.Cc1ccccc1C1CCCC1.Cc1ccccc1C1CCCCC1. The second kappa shape index (κ2) is 38.3. The van der Waals surface area contributed by atoms with Crippen LogP contribution < -0.4 is 4.74 Å². The third-order valence-corrected chi connectivity index (χ3v) is 21.7. The number of ether oxygens (including phenoxy) is 1. The van der Waals surface area contributed by atoms with Crippen LogP contribution in [-0.2, 0) is 29.1 Å². The van der Waals surface area contributed by atoms with Gasteiger partial charge in [-0.15, -0.1) is 0 Å². The van der Waals surface area contributed by atoms with E-state index in [9.17, 15) is 0 Å². The van der Waals surface area contributed by atoms with Crippen molar-refractivity contribution in [3.8, 4) is 11.5 Å². The molecular weight excluding hydrogens is 1130 g/mol. The fraction of sp³-hybridized carbons (Fsp3) is 0.548. The van der Waals surface area contributed by atoms with Crippen LogP contribution in [0.5, 0.6) is 11.5 Å². The van der Waals surface area contributed by atoms with E-state index in [2.05, 4.69) is 241 Å². The highest BCUT2D eigenvalue weighted by Gasteiger charge is 2.28. The minimum absolute atomic E-state index is 0.200. The van der Waals surface area contributed by atoms with Gasteiger partial charge in [0.05, 0.1) is 0 Å². The summed E-state index contributed by atoms with van der Waals surface area (Å²) in [6.07, 6.45) is 34.9. The molecule has 4 aliphatic rings. The van der Waals surface area contributed by atoms with Crippen molar-refractivity contribution in [1.29, 1.82) is 0 Å². The molecule has 0 aliphatic heterocycles. The molecule has 512 valence electrons. The summed E-state index contributed by atoms with van der Waals surface area (Å²) >= 11 is 0. The summed E-state index contributed by atoms with van der Waals surface area (Å²) in [5.41, 5.74) is 26.2. The summed E-state index contributed by atoms with van der Waals surface area (Å²) in [6, 6.07) is 50.5. The van der Waals surface area contributed by atoms with Gasteiger partial charge < -0.3 is 4.74 Å². The van der Waals surface area contributed by atoms with E-state index in [1.807, 2.05) is 30.3 Å². The molecule has 11 rings (SSSR count). The second-order valence-electron chi connectivity index (χ2n) is 32.2. The zero-order chi connectivity index (χ0) is 68.4. The number of hydrogen-bond acceptors (Lipinski definition) is 1. The van der Waals surface area contributed by atoms with Gasteiger partial charge in [-0.1, -0.05) is 275 Å². The summed E-state index contributed by atoms with van der Waals surface area (Å²) in [4.78, 5) is 0. The van der Waals surface area contributed by atoms with E-state index in [1.54, 1.807) is 44.5 Å². The van der Waals surface area contributed by atoms with Crippen molar-refractivity contribution in [2.24, 2.45) is 0 Å². The third kappa shape index (κ3) is 24.2. The number of aryl methyl sites for hydroxylation is 6. The van der Waals surface area contributed by atoms with Gasteiger partial charge in [0.15, 0.2) is 0 Å². The lowest BCUT2D eigenvalue weighted by Gasteiger charge is -2.32. The Labute approximate surface area is 579 Å². The lowest BCUT2D eigenvalue weighted by molar-refractivity contribution is 0.433. The van der Waals surface area contributed by atoms with E-state index < -0.39 is 0 Å². The van der Waals surface area contributed by atoms with Crippen LogP contribution in [0, 0.1) is 55.4 Å². The van der Waals surface area contributed by atoms with Crippen LogP contribution in [-0.4, -0.2) is 0 Å². The summed E-state index contributed by atoms with van der Waals surface area (Å²) in [5, 5.41) is 0. The molecule has 0 atom stereocenters. The first kappa shape index (κ1) is 77.3. The number of hydrogen-bond donors (Lipinski definition) is 0. The van der Waals surface area contributed by atoms with Crippen LogP contribution in [0.1, 0.15) is 342 Å². The number of benzene rings is 7. The number of para-hydroxylation sites is 1. The van der Waals surface area contributed by atoms with Crippen LogP contribution in [0.3, 0.4) is 0 Å². The van der Waals surface area contributed by atoms with E-state index in [4.69, 9.17) is 4.74 Å². The zero-order valence-corrected chi connectivity index (χ0v) is 63.7. The predicted molar refractivity (Wildman–Crippen MR) is 415 cm³/mol. The largest absolute Gasteiger partial charge is 0.457 e. The molecule has 7 aromatic rings. The van der Waals surface area contributed by atoms with Gasteiger partial charge in [-0.2, -0.15) is 0 Å². The molecule has 0 radical (unpaired) electrons. The molecule has 94 heavy (non-hydrogen) atoms. The van der Waals surface area contributed by atoms with Gasteiger partial charge in [0.25, 0.3) is 0 Å². The molecule has 0 N–H and O–H groups in total. The summed E-state index contributed by atoms with van der Waals surface area (Å²) in [6.45, 7) is 43.1. The Balaban J connectivity index is 0.000000180. The maximum atomic E-state index is 5.80. The van der Waals surface area contributed by atoms with Crippen molar-refractivity contribution in [1.82, 2.24) is 0 Å². The fourth-order valence-electron chi connectivity index (χ4n) is 15.5. The van der Waals surface area contributed by atoms with Crippen molar-refractivity contribution >= 4 is 0 Å². The molecule has 0 bridgehead atoms. The number of rotatable bonds is 12. The normalized spacial score (nSPS) is 15.7. The highest BCUT2D eigenvalue weighted by atomic mass is 16.5. The minimum Gasteiger partial charge on any atom is -0.457 e. The van der Waals surface area contributed by atoms with Gasteiger partial charge in [0.2, 0.25) is 0 Å². The molecule has 0 unspecified atom stereocenters. The Morgan fingerprint density at radius 3 is 1.01 bits per heavy atom. The first-order chi connectivity index (χ1) is 44.8. The second-order valence-corrected chi connectivity index (χ2v) is 32.2. The summed E-state index contributed by atoms with van der Waals surface area (Å²) in [5.74, 6) is 5.23. The Morgan fingerprint density at radius 2 is 0.649 bits per heavy atom. The van der Waals surface area contributed by atoms with Gasteiger partial charge >= 0.3 is 0 Å². The minimum atomic E-state index is 0.200. The van der Waals surface area contributed by atoms with Crippen LogP contribution in [0.15, 0.2) is 140 Å². The quantitative estimate of drug-likeness (QED) is 0.118. The summed E-state index contributed by atoms with van der Waals surface area (Å²) < 4.78 is 5.80. The van der Waals surface area contributed by atoms with E-state index >= 15 is 0 Å². The molecule has 1 heteroatoms. The Bertz CT molecular complexity index is 3180. The van der Waals surface area contributed by atoms with Gasteiger partial charge in [0.1, 0.15) is 11.5 Å². The topological polar surface area (TPSA) is 9.23 Å². The highest BCUT2D eigenvalue weighted by Crippen LogP contribution is 2.42. The molecule has 4 fully saturated rings. The molecule has 0 heterocycles. The molecular formula is C93H134O. The lowest BCUT2D eigenvalue weighted by atomic mass is 9.73.